The van der Waals surface area contributed by atoms with E-state index in [2.05, 4.69) is 12.2 Å². The van der Waals surface area contributed by atoms with E-state index in [-0.39, 0.29) is 25.0 Å². The van der Waals surface area contributed by atoms with Crippen molar-refractivity contribution in [2.24, 2.45) is 0 Å². The second kappa shape index (κ2) is 11.8. The minimum Gasteiger partial charge on any atom is -0.395 e. The molecule has 6 heteroatoms. The number of nitrogens with one attached hydrogen (secondary N) is 1. The van der Waals surface area contributed by atoms with Gasteiger partial charge in [-0.3, -0.25) is 9.69 Å². The summed E-state index contributed by atoms with van der Waals surface area (Å²) >= 11 is 0. The van der Waals surface area contributed by atoms with Gasteiger partial charge in [0.15, 0.2) is 0 Å². The summed E-state index contributed by atoms with van der Waals surface area (Å²) in [6.07, 6.45) is 6.39. The fourth-order valence-corrected chi connectivity index (χ4v) is 3.70. The molecule has 4 N–H and O–H groups in total. The lowest BCUT2D eigenvalue weighted by atomic mass is 10.1. The van der Waals surface area contributed by atoms with E-state index in [0.717, 1.165) is 12.8 Å². The van der Waals surface area contributed by atoms with Crippen LogP contribution in [0.3, 0.4) is 0 Å². The third-order valence-corrected chi connectivity index (χ3v) is 5.04. The zero-order chi connectivity index (χ0) is 18.8. The molecule has 1 aliphatic heterocycles. The molecule has 0 aliphatic carbocycles. The number of carbonyl (C=O) groups excluding carboxylic acids is 1. The monoisotopic (exact) mass is 358 g/mol. The molecule has 1 rings (SSSR count). The van der Waals surface area contributed by atoms with Gasteiger partial charge in [0.05, 0.1) is 24.9 Å². The van der Waals surface area contributed by atoms with Crippen molar-refractivity contribution in [3.63, 3.8) is 0 Å². The highest BCUT2D eigenvalue weighted by Gasteiger charge is 2.47. The molecule has 1 fully saturated rings. The smallest absolute Gasteiger partial charge is 0.221 e. The summed E-state index contributed by atoms with van der Waals surface area (Å²) < 4.78 is 0. The first kappa shape index (κ1) is 22.4. The van der Waals surface area contributed by atoms with Crippen LogP contribution < -0.4 is 5.32 Å². The van der Waals surface area contributed by atoms with Gasteiger partial charge in [-0.15, -0.1) is 0 Å². The Morgan fingerprint density at radius 3 is 2.12 bits per heavy atom. The van der Waals surface area contributed by atoms with Crippen molar-refractivity contribution >= 4 is 5.91 Å². The van der Waals surface area contributed by atoms with Crippen LogP contribution in [0.15, 0.2) is 0 Å². The molecule has 0 aromatic heterocycles. The topological polar surface area (TPSA) is 93.0 Å². The number of amides is 1. The zero-order valence-electron chi connectivity index (χ0n) is 16.2. The van der Waals surface area contributed by atoms with E-state index in [1.165, 1.54) is 32.1 Å². The van der Waals surface area contributed by atoms with E-state index in [0.29, 0.717) is 6.54 Å². The van der Waals surface area contributed by atoms with Gasteiger partial charge in [-0.05, 0) is 26.8 Å². The lowest BCUT2D eigenvalue weighted by Gasteiger charge is -2.29. The summed E-state index contributed by atoms with van der Waals surface area (Å²) in [6, 6.07) is -0.890. The highest BCUT2D eigenvalue weighted by Crippen LogP contribution is 2.28. The maximum absolute atomic E-state index is 12.1. The zero-order valence-corrected chi connectivity index (χ0v) is 16.2. The number of hydrogen-bond donors (Lipinski definition) is 4. The fraction of sp³-hybridized carbons (Fsp3) is 0.947. The Bertz CT molecular complexity index is 378. The van der Waals surface area contributed by atoms with Crippen molar-refractivity contribution in [2.45, 2.75) is 102 Å². The molecule has 1 amide bonds. The fourth-order valence-electron chi connectivity index (χ4n) is 3.70. The second-order valence-electron chi connectivity index (χ2n) is 7.58. The molecular formula is C19H38N2O4. The van der Waals surface area contributed by atoms with Gasteiger partial charge in [0.1, 0.15) is 0 Å². The molecule has 6 nitrogen and oxygen atoms in total. The Balaban J connectivity index is 2.52. The summed E-state index contributed by atoms with van der Waals surface area (Å²) in [6.45, 7) is 6.47. The van der Waals surface area contributed by atoms with E-state index < -0.39 is 24.3 Å². The highest BCUT2D eigenvalue weighted by atomic mass is 16.3. The van der Waals surface area contributed by atoms with Crippen LogP contribution >= 0.6 is 0 Å². The first-order valence-electron chi connectivity index (χ1n) is 9.94. The Morgan fingerprint density at radius 2 is 1.56 bits per heavy atom. The number of hydrogen-bond acceptors (Lipinski definition) is 5. The summed E-state index contributed by atoms with van der Waals surface area (Å²) in [4.78, 5) is 14.0. The molecule has 0 aromatic rings. The van der Waals surface area contributed by atoms with Gasteiger partial charge < -0.3 is 20.6 Å². The minimum absolute atomic E-state index is 0.0428. The second-order valence-corrected chi connectivity index (χ2v) is 7.58. The van der Waals surface area contributed by atoms with E-state index in [1.807, 2.05) is 18.7 Å². The van der Waals surface area contributed by atoms with Gasteiger partial charge in [-0.1, -0.05) is 45.4 Å². The van der Waals surface area contributed by atoms with Gasteiger partial charge in [0, 0.05) is 18.5 Å². The molecule has 0 radical (unpaired) electrons. The van der Waals surface area contributed by atoms with E-state index in [4.69, 9.17) is 0 Å². The van der Waals surface area contributed by atoms with Gasteiger partial charge in [0.25, 0.3) is 0 Å². The molecule has 148 valence electrons. The molecule has 0 bridgehead atoms. The largest absolute Gasteiger partial charge is 0.395 e. The molecule has 0 saturated carbocycles. The lowest BCUT2D eigenvalue weighted by molar-refractivity contribution is -0.123. The number of nitrogens with zero attached hydrogens (tertiary/aromatic N) is 1. The van der Waals surface area contributed by atoms with Crippen LogP contribution in [0.2, 0.25) is 0 Å². The Hall–Kier alpha value is -0.690. The van der Waals surface area contributed by atoms with Crippen molar-refractivity contribution in [2.75, 3.05) is 13.2 Å². The van der Waals surface area contributed by atoms with Crippen molar-refractivity contribution in [1.29, 1.82) is 0 Å². The predicted octanol–water partition coefficient (Wildman–Crippen LogP) is 1.42. The molecular weight excluding hydrogens is 320 g/mol. The average Bonchev–Trinajstić information content (AvgIpc) is 2.77. The van der Waals surface area contributed by atoms with Crippen LogP contribution in [0.25, 0.3) is 0 Å². The number of unbranched alkanes of at least 4 members (excludes halogenated alkanes) is 6. The van der Waals surface area contributed by atoms with Gasteiger partial charge in [-0.25, -0.2) is 0 Å². The van der Waals surface area contributed by atoms with Crippen LogP contribution in [0.5, 0.6) is 0 Å². The SMILES string of the molecule is CCCCCCCCCN1[C@H](CC(=O)NC(C)C)[C@H](O)[C@H](O)[C@H]1CO. The minimum atomic E-state index is -1.01. The summed E-state index contributed by atoms with van der Waals surface area (Å²) in [5, 5.41) is 33.0. The van der Waals surface area contributed by atoms with E-state index in [9.17, 15) is 20.1 Å². The maximum Gasteiger partial charge on any atom is 0.221 e. The number of likely N-dealkylation sites (tertiary alicyclic amines) is 1. The van der Waals surface area contributed by atoms with Crippen molar-refractivity contribution in [3.05, 3.63) is 0 Å². The molecule has 0 unspecified atom stereocenters. The van der Waals surface area contributed by atoms with Gasteiger partial charge in [-0.2, -0.15) is 0 Å². The summed E-state index contributed by atoms with van der Waals surface area (Å²) in [5.74, 6) is -0.130. The molecule has 1 heterocycles. The molecule has 1 aliphatic rings. The van der Waals surface area contributed by atoms with Crippen LogP contribution in [0.4, 0.5) is 0 Å². The van der Waals surface area contributed by atoms with Crippen LogP contribution in [-0.2, 0) is 4.79 Å². The number of rotatable bonds is 12. The Labute approximate surface area is 152 Å². The Kier molecular flexibility index (Phi) is 10.6. The van der Waals surface area contributed by atoms with Crippen molar-refractivity contribution < 1.29 is 20.1 Å². The quantitative estimate of drug-likeness (QED) is 0.396. The molecule has 0 aromatic carbocycles. The molecule has 4 atom stereocenters. The standard InChI is InChI=1S/C19H38N2O4/c1-4-5-6-7-8-9-10-11-21-15(12-17(23)20-14(2)3)18(24)19(25)16(21)13-22/h14-16,18-19,22,24-25H,4-13H2,1-3H3,(H,20,23)/t15-,16-,18+,19-/m1/s1. The first-order chi connectivity index (χ1) is 11.9. The maximum atomic E-state index is 12.1. The highest BCUT2D eigenvalue weighted by molar-refractivity contribution is 5.77. The average molecular weight is 359 g/mol. The summed E-state index contributed by atoms with van der Waals surface area (Å²) in [7, 11) is 0. The van der Waals surface area contributed by atoms with E-state index >= 15 is 0 Å². The lowest BCUT2D eigenvalue weighted by Crippen LogP contribution is -2.44. The van der Waals surface area contributed by atoms with Crippen molar-refractivity contribution in [1.82, 2.24) is 10.2 Å². The Morgan fingerprint density at radius 1 is 1.00 bits per heavy atom. The van der Waals surface area contributed by atoms with Crippen LogP contribution in [0.1, 0.15) is 72.1 Å². The van der Waals surface area contributed by atoms with Crippen LogP contribution in [0, 0.1) is 0 Å². The van der Waals surface area contributed by atoms with Gasteiger partial charge in [0.2, 0.25) is 5.91 Å². The summed E-state index contributed by atoms with van der Waals surface area (Å²) in [5.41, 5.74) is 0. The molecule has 1 saturated heterocycles. The number of aliphatic hydroxyl groups excluding tert-OH is 3. The third kappa shape index (κ3) is 7.21. The molecule has 0 spiro atoms. The van der Waals surface area contributed by atoms with E-state index in [1.54, 1.807) is 0 Å². The van der Waals surface area contributed by atoms with Crippen LogP contribution in [-0.4, -0.2) is 69.6 Å². The van der Waals surface area contributed by atoms with Crippen molar-refractivity contribution in [3.8, 4) is 0 Å². The predicted molar refractivity (Wildman–Crippen MR) is 99.3 cm³/mol. The normalized spacial score (nSPS) is 27.2. The number of carbonyl (C=O) groups is 1. The number of aliphatic hydroxyl groups is 3. The third-order valence-electron chi connectivity index (χ3n) is 5.04. The van der Waals surface area contributed by atoms with Gasteiger partial charge >= 0.3 is 0 Å². The molecule has 25 heavy (non-hydrogen) atoms. The first-order valence-corrected chi connectivity index (χ1v) is 9.94.